The summed E-state index contributed by atoms with van der Waals surface area (Å²) in [5.41, 5.74) is 2.03. The Balaban J connectivity index is 1.70. The van der Waals surface area contributed by atoms with Gasteiger partial charge in [0.2, 0.25) is 0 Å². The maximum absolute atomic E-state index is 5.20. The lowest BCUT2D eigenvalue weighted by molar-refractivity contribution is 0.174. The molecule has 0 spiro atoms. The lowest BCUT2D eigenvalue weighted by atomic mass is 10.2. The number of nitrogens with zero attached hydrogens (tertiary/aromatic N) is 4. The maximum atomic E-state index is 5.20. The van der Waals surface area contributed by atoms with Crippen LogP contribution in [-0.2, 0) is 17.9 Å². The average Bonchev–Trinajstić information content (AvgIpc) is 3.05. The molecule has 3 rings (SSSR count). The van der Waals surface area contributed by atoms with Crippen LogP contribution in [0.2, 0.25) is 0 Å². The fourth-order valence-corrected chi connectivity index (χ4v) is 2.24. The number of benzene rings is 1. The molecule has 23 heavy (non-hydrogen) atoms. The van der Waals surface area contributed by atoms with Crippen molar-refractivity contribution in [2.45, 2.75) is 13.2 Å². The number of hydrogen-bond acceptors (Lipinski definition) is 6. The Hall–Kier alpha value is -2.73. The Morgan fingerprint density at radius 1 is 1.13 bits per heavy atom. The Labute approximate surface area is 134 Å². The molecule has 0 bridgehead atoms. The van der Waals surface area contributed by atoms with Crippen molar-refractivity contribution < 1.29 is 9.26 Å². The van der Waals surface area contributed by atoms with Crippen LogP contribution in [0.5, 0.6) is 0 Å². The number of ether oxygens (including phenoxy) is 1. The highest BCUT2D eigenvalue weighted by Crippen LogP contribution is 2.20. The fraction of sp³-hybridized carbons (Fsp3) is 0.235. The molecule has 0 N–H and O–H groups in total. The molecule has 0 atom stereocenters. The Morgan fingerprint density at radius 2 is 1.96 bits per heavy atom. The van der Waals surface area contributed by atoms with Gasteiger partial charge in [0.25, 0.3) is 5.89 Å². The van der Waals surface area contributed by atoms with Gasteiger partial charge in [-0.1, -0.05) is 35.5 Å². The smallest absolute Gasteiger partial charge is 0.259 e. The van der Waals surface area contributed by atoms with Crippen molar-refractivity contribution in [2.24, 2.45) is 0 Å². The van der Waals surface area contributed by atoms with Crippen LogP contribution in [0, 0.1) is 0 Å². The quantitative estimate of drug-likeness (QED) is 0.697. The van der Waals surface area contributed by atoms with E-state index in [1.54, 1.807) is 13.3 Å². The third-order valence-electron chi connectivity index (χ3n) is 3.39. The van der Waals surface area contributed by atoms with Gasteiger partial charge in [-0.3, -0.25) is 0 Å². The van der Waals surface area contributed by atoms with E-state index in [0.717, 1.165) is 17.9 Å². The van der Waals surface area contributed by atoms with Crippen molar-refractivity contribution in [3.63, 3.8) is 0 Å². The molecule has 2 heterocycles. The number of methoxy groups -OCH3 is 1. The molecular formula is C17H18N4O2. The van der Waals surface area contributed by atoms with E-state index in [2.05, 4.69) is 32.2 Å². The molecule has 1 aromatic carbocycles. The fourth-order valence-electron chi connectivity index (χ4n) is 2.24. The third-order valence-corrected chi connectivity index (χ3v) is 3.39. The van der Waals surface area contributed by atoms with Crippen LogP contribution in [0.3, 0.4) is 0 Å². The first-order valence-corrected chi connectivity index (χ1v) is 7.29. The van der Waals surface area contributed by atoms with Crippen LogP contribution in [-0.4, -0.2) is 29.3 Å². The van der Waals surface area contributed by atoms with E-state index in [1.807, 2.05) is 37.4 Å². The molecule has 0 fully saturated rings. The van der Waals surface area contributed by atoms with Crippen molar-refractivity contribution >= 4 is 5.82 Å². The predicted molar refractivity (Wildman–Crippen MR) is 86.8 cm³/mol. The normalized spacial score (nSPS) is 10.7. The SMILES string of the molecule is COCc1noc(-c2ccc(N(C)Cc3ccccc3)nc2)n1. The van der Waals surface area contributed by atoms with E-state index in [4.69, 9.17) is 9.26 Å². The predicted octanol–water partition coefficient (Wildman–Crippen LogP) is 2.91. The van der Waals surface area contributed by atoms with Gasteiger partial charge in [-0.25, -0.2) is 4.98 Å². The van der Waals surface area contributed by atoms with E-state index in [1.165, 1.54) is 5.56 Å². The molecule has 6 heteroatoms. The first kappa shape index (κ1) is 15.2. The summed E-state index contributed by atoms with van der Waals surface area (Å²) in [7, 11) is 3.60. The monoisotopic (exact) mass is 310 g/mol. The van der Waals surface area contributed by atoms with E-state index < -0.39 is 0 Å². The van der Waals surface area contributed by atoms with Gasteiger partial charge >= 0.3 is 0 Å². The highest BCUT2D eigenvalue weighted by molar-refractivity contribution is 5.54. The van der Waals surface area contributed by atoms with E-state index in [-0.39, 0.29) is 0 Å². The molecule has 0 aliphatic carbocycles. The first-order chi connectivity index (χ1) is 11.3. The van der Waals surface area contributed by atoms with Gasteiger partial charge in [0, 0.05) is 26.9 Å². The van der Waals surface area contributed by atoms with Crippen molar-refractivity contribution in [2.75, 3.05) is 19.1 Å². The zero-order valence-electron chi connectivity index (χ0n) is 13.1. The molecule has 0 amide bonds. The van der Waals surface area contributed by atoms with Gasteiger partial charge in [0.1, 0.15) is 12.4 Å². The highest BCUT2D eigenvalue weighted by Gasteiger charge is 2.10. The zero-order chi connectivity index (χ0) is 16.1. The lowest BCUT2D eigenvalue weighted by Crippen LogP contribution is -2.17. The van der Waals surface area contributed by atoms with Gasteiger partial charge in [0.15, 0.2) is 5.82 Å². The second-order valence-electron chi connectivity index (χ2n) is 5.20. The van der Waals surface area contributed by atoms with Gasteiger partial charge < -0.3 is 14.2 Å². The van der Waals surface area contributed by atoms with Crippen molar-refractivity contribution in [3.8, 4) is 11.5 Å². The molecule has 3 aromatic rings. The van der Waals surface area contributed by atoms with E-state index in [0.29, 0.717) is 18.3 Å². The summed E-state index contributed by atoms with van der Waals surface area (Å²) in [4.78, 5) is 10.8. The van der Waals surface area contributed by atoms with Crippen LogP contribution in [0.4, 0.5) is 5.82 Å². The maximum Gasteiger partial charge on any atom is 0.259 e. The summed E-state index contributed by atoms with van der Waals surface area (Å²) >= 11 is 0. The van der Waals surface area contributed by atoms with E-state index in [9.17, 15) is 0 Å². The Bertz CT molecular complexity index is 741. The summed E-state index contributed by atoms with van der Waals surface area (Å²) < 4.78 is 10.2. The van der Waals surface area contributed by atoms with Crippen molar-refractivity contribution in [3.05, 3.63) is 60.0 Å². The van der Waals surface area contributed by atoms with Crippen LogP contribution in [0.15, 0.2) is 53.2 Å². The van der Waals surface area contributed by atoms with Gasteiger partial charge in [-0.2, -0.15) is 4.98 Å². The number of pyridine rings is 1. The standard InChI is InChI=1S/C17H18N4O2/c1-21(11-13-6-4-3-5-7-13)16-9-8-14(10-18-16)17-19-15(12-22-2)20-23-17/h3-10H,11-12H2,1-2H3. The minimum Gasteiger partial charge on any atom is -0.377 e. The zero-order valence-corrected chi connectivity index (χ0v) is 13.1. The molecule has 118 valence electrons. The summed E-state index contributed by atoms with van der Waals surface area (Å²) in [5.74, 6) is 1.85. The van der Waals surface area contributed by atoms with Crippen molar-refractivity contribution in [1.29, 1.82) is 0 Å². The Morgan fingerprint density at radius 3 is 2.65 bits per heavy atom. The number of anilines is 1. The van der Waals surface area contributed by atoms with Gasteiger partial charge in [-0.05, 0) is 17.7 Å². The largest absolute Gasteiger partial charge is 0.377 e. The summed E-state index contributed by atoms with van der Waals surface area (Å²) in [6.07, 6.45) is 1.74. The van der Waals surface area contributed by atoms with Crippen LogP contribution in [0.1, 0.15) is 11.4 Å². The molecular weight excluding hydrogens is 292 g/mol. The number of aromatic nitrogens is 3. The number of rotatable bonds is 6. The average molecular weight is 310 g/mol. The minimum atomic E-state index is 0.328. The summed E-state index contributed by atoms with van der Waals surface area (Å²) in [6.45, 7) is 1.13. The molecule has 0 unspecified atom stereocenters. The topological polar surface area (TPSA) is 64.3 Å². The molecule has 2 aromatic heterocycles. The lowest BCUT2D eigenvalue weighted by Gasteiger charge is -2.18. The third kappa shape index (κ3) is 3.73. The molecule has 6 nitrogen and oxygen atoms in total. The number of hydrogen-bond donors (Lipinski definition) is 0. The first-order valence-electron chi connectivity index (χ1n) is 7.29. The summed E-state index contributed by atoms with van der Waals surface area (Å²) in [5, 5.41) is 3.85. The summed E-state index contributed by atoms with van der Waals surface area (Å²) in [6, 6.07) is 14.1. The van der Waals surface area contributed by atoms with Crippen LogP contribution >= 0.6 is 0 Å². The second kappa shape index (κ2) is 7.02. The van der Waals surface area contributed by atoms with Crippen molar-refractivity contribution in [1.82, 2.24) is 15.1 Å². The highest BCUT2D eigenvalue weighted by atomic mass is 16.5. The van der Waals surface area contributed by atoms with Gasteiger partial charge in [0.05, 0.1) is 5.56 Å². The molecule has 0 saturated heterocycles. The van der Waals surface area contributed by atoms with Gasteiger partial charge in [-0.15, -0.1) is 0 Å². The second-order valence-corrected chi connectivity index (χ2v) is 5.20. The molecule has 0 aliphatic heterocycles. The minimum absolute atomic E-state index is 0.328. The molecule has 0 saturated carbocycles. The van der Waals surface area contributed by atoms with Crippen LogP contribution < -0.4 is 4.90 Å². The Kier molecular flexibility index (Phi) is 4.63. The molecule has 0 radical (unpaired) electrons. The molecule has 0 aliphatic rings. The van der Waals surface area contributed by atoms with Crippen LogP contribution in [0.25, 0.3) is 11.5 Å². The van der Waals surface area contributed by atoms with E-state index >= 15 is 0 Å².